The molecule has 1 aromatic heterocycles. The Morgan fingerprint density at radius 2 is 2.12 bits per heavy atom. The van der Waals surface area contributed by atoms with E-state index in [-0.39, 0.29) is 0 Å². The zero-order valence-electron chi connectivity index (χ0n) is 10.1. The van der Waals surface area contributed by atoms with Gasteiger partial charge in [-0.3, -0.25) is 0 Å². The molecule has 0 saturated heterocycles. The van der Waals surface area contributed by atoms with E-state index in [1.807, 2.05) is 6.07 Å². The minimum absolute atomic E-state index is 0.328. The van der Waals surface area contributed by atoms with E-state index in [0.29, 0.717) is 16.2 Å². The van der Waals surface area contributed by atoms with Gasteiger partial charge in [0.1, 0.15) is 0 Å². The molecule has 2 unspecified atom stereocenters. The van der Waals surface area contributed by atoms with E-state index < -0.39 is 0 Å². The van der Waals surface area contributed by atoms with Gasteiger partial charge in [-0.1, -0.05) is 65.8 Å². The molecule has 0 spiro atoms. The SMILES string of the molecule is CC1(C)CCCCC1C(Br)c1cc(Cl)sc1Cl. The molecule has 1 saturated carbocycles. The Labute approximate surface area is 126 Å². The Kier molecular flexibility index (Phi) is 4.50. The second-order valence-electron chi connectivity index (χ2n) is 5.52. The van der Waals surface area contributed by atoms with Gasteiger partial charge in [-0.15, -0.1) is 11.3 Å². The normalized spacial score (nSPS) is 25.8. The van der Waals surface area contributed by atoms with Crippen LogP contribution in [0.15, 0.2) is 6.07 Å². The summed E-state index contributed by atoms with van der Waals surface area (Å²) >= 11 is 17.6. The lowest BCUT2D eigenvalue weighted by Crippen LogP contribution is -2.30. The topological polar surface area (TPSA) is 0 Å². The summed E-state index contributed by atoms with van der Waals surface area (Å²) in [5.74, 6) is 0.638. The first-order chi connectivity index (χ1) is 7.92. The monoisotopic (exact) mass is 354 g/mol. The average Bonchev–Trinajstić information content (AvgIpc) is 2.56. The first-order valence-corrected chi connectivity index (χ1v) is 8.49. The van der Waals surface area contributed by atoms with Crippen LogP contribution in [0.5, 0.6) is 0 Å². The first kappa shape index (κ1) is 14.2. The van der Waals surface area contributed by atoms with E-state index in [4.69, 9.17) is 23.2 Å². The van der Waals surface area contributed by atoms with Crippen LogP contribution in [0.25, 0.3) is 0 Å². The highest BCUT2D eigenvalue weighted by atomic mass is 79.9. The molecule has 1 aliphatic carbocycles. The van der Waals surface area contributed by atoms with Crippen LogP contribution in [0.2, 0.25) is 8.67 Å². The molecule has 2 rings (SSSR count). The number of halogens is 3. The predicted molar refractivity (Wildman–Crippen MR) is 81.7 cm³/mol. The summed E-state index contributed by atoms with van der Waals surface area (Å²) < 4.78 is 1.61. The van der Waals surface area contributed by atoms with E-state index in [2.05, 4.69) is 29.8 Å². The van der Waals surface area contributed by atoms with Gasteiger partial charge in [-0.25, -0.2) is 0 Å². The fraction of sp³-hybridized carbons (Fsp3) is 0.692. The maximum Gasteiger partial charge on any atom is 0.0987 e. The molecule has 0 N–H and O–H groups in total. The Morgan fingerprint density at radius 3 is 2.65 bits per heavy atom. The average molecular weight is 356 g/mol. The lowest BCUT2D eigenvalue weighted by Gasteiger charge is -2.41. The maximum absolute atomic E-state index is 6.26. The largest absolute Gasteiger partial charge is 0.111 e. The van der Waals surface area contributed by atoms with Gasteiger partial charge in [0.05, 0.1) is 8.67 Å². The highest BCUT2D eigenvalue weighted by Gasteiger charge is 2.38. The Bertz CT molecular complexity index is 400. The van der Waals surface area contributed by atoms with Gasteiger partial charge in [0.2, 0.25) is 0 Å². The van der Waals surface area contributed by atoms with Crippen molar-refractivity contribution in [2.75, 3.05) is 0 Å². The van der Waals surface area contributed by atoms with Crippen molar-refractivity contribution >= 4 is 50.5 Å². The van der Waals surface area contributed by atoms with Crippen molar-refractivity contribution in [2.45, 2.75) is 44.4 Å². The zero-order valence-corrected chi connectivity index (χ0v) is 14.0. The summed E-state index contributed by atoms with van der Waals surface area (Å²) in [7, 11) is 0. The summed E-state index contributed by atoms with van der Waals surface area (Å²) in [6.07, 6.45) is 5.25. The van der Waals surface area contributed by atoms with Crippen LogP contribution in [-0.2, 0) is 0 Å². The molecule has 96 valence electrons. The summed E-state index contributed by atoms with van der Waals surface area (Å²) in [4.78, 5) is 0.328. The summed E-state index contributed by atoms with van der Waals surface area (Å²) in [5, 5.41) is 0. The predicted octanol–water partition coefficient (Wildman–Crippen LogP) is 6.71. The number of rotatable bonds is 2. The van der Waals surface area contributed by atoms with Gasteiger partial charge in [-0.2, -0.15) is 0 Å². The molecule has 0 nitrogen and oxygen atoms in total. The third kappa shape index (κ3) is 3.02. The second-order valence-corrected chi connectivity index (χ2v) is 8.79. The smallest absolute Gasteiger partial charge is 0.0987 e. The van der Waals surface area contributed by atoms with Crippen molar-refractivity contribution in [3.63, 3.8) is 0 Å². The molecular weight excluding hydrogens is 339 g/mol. The van der Waals surface area contributed by atoms with Crippen LogP contribution in [0.4, 0.5) is 0 Å². The van der Waals surface area contributed by atoms with E-state index in [0.717, 1.165) is 8.67 Å². The first-order valence-electron chi connectivity index (χ1n) is 6.00. The second kappa shape index (κ2) is 5.40. The van der Waals surface area contributed by atoms with E-state index in [9.17, 15) is 0 Å². The molecular formula is C13H17BrCl2S. The Hall–Kier alpha value is 0.760. The molecule has 1 aromatic rings. The molecule has 0 bridgehead atoms. The minimum atomic E-state index is 0.328. The van der Waals surface area contributed by atoms with Crippen molar-refractivity contribution in [3.8, 4) is 0 Å². The lowest BCUT2D eigenvalue weighted by molar-refractivity contribution is 0.137. The third-order valence-electron chi connectivity index (χ3n) is 3.92. The van der Waals surface area contributed by atoms with Crippen LogP contribution in [-0.4, -0.2) is 0 Å². The van der Waals surface area contributed by atoms with E-state index in [1.54, 1.807) is 0 Å². The van der Waals surface area contributed by atoms with Gasteiger partial charge >= 0.3 is 0 Å². The van der Waals surface area contributed by atoms with E-state index >= 15 is 0 Å². The van der Waals surface area contributed by atoms with E-state index in [1.165, 1.54) is 42.6 Å². The maximum atomic E-state index is 6.26. The van der Waals surface area contributed by atoms with Crippen LogP contribution in [0.1, 0.15) is 49.9 Å². The molecule has 0 radical (unpaired) electrons. The molecule has 0 aliphatic heterocycles. The molecule has 4 heteroatoms. The van der Waals surface area contributed by atoms with Gasteiger partial charge in [0, 0.05) is 4.83 Å². The molecule has 0 amide bonds. The van der Waals surface area contributed by atoms with Crippen molar-refractivity contribution < 1.29 is 0 Å². The van der Waals surface area contributed by atoms with Gasteiger partial charge in [-0.05, 0) is 35.8 Å². The van der Waals surface area contributed by atoms with Crippen molar-refractivity contribution in [2.24, 2.45) is 11.3 Å². The van der Waals surface area contributed by atoms with Crippen LogP contribution in [0.3, 0.4) is 0 Å². The van der Waals surface area contributed by atoms with Crippen LogP contribution >= 0.6 is 50.5 Å². The molecule has 0 aromatic carbocycles. The minimum Gasteiger partial charge on any atom is -0.111 e. The summed E-state index contributed by atoms with van der Waals surface area (Å²) in [6.45, 7) is 4.74. The molecule has 2 atom stereocenters. The fourth-order valence-electron chi connectivity index (χ4n) is 2.82. The highest BCUT2D eigenvalue weighted by molar-refractivity contribution is 9.09. The van der Waals surface area contributed by atoms with Crippen molar-refractivity contribution in [1.29, 1.82) is 0 Å². The number of hydrogen-bond donors (Lipinski definition) is 0. The standard InChI is InChI=1S/C13H17BrCl2S/c1-13(2)6-4-3-5-9(13)11(14)8-7-10(15)17-12(8)16/h7,9,11H,3-6H2,1-2H3. The fourth-order valence-corrected chi connectivity index (χ4v) is 6.00. The number of alkyl halides is 1. The highest BCUT2D eigenvalue weighted by Crippen LogP contribution is 2.52. The third-order valence-corrected chi connectivity index (χ3v) is 6.57. The van der Waals surface area contributed by atoms with Crippen LogP contribution in [0, 0.1) is 11.3 Å². The number of hydrogen-bond acceptors (Lipinski definition) is 1. The molecule has 1 fully saturated rings. The van der Waals surface area contributed by atoms with Gasteiger partial charge in [0.15, 0.2) is 0 Å². The van der Waals surface area contributed by atoms with Gasteiger partial charge < -0.3 is 0 Å². The summed E-state index contributed by atoms with van der Waals surface area (Å²) in [6, 6.07) is 2.01. The lowest BCUT2D eigenvalue weighted by atomic mass is 9.67. The quantitative estimate of drug-likeness (QED) is 0.517. The number of thiophene rings is 1. The Morgan fingerprint density at radius 1 is 1.41 bits per heavy atom. The molecule has 17 heavy (non-hydrogen) atoms. The van der Waals surface area contributed by atoms with Crippen molar-refractivity contribution in [3.05, 3.63) is 20.3 Å². The Balaban J connectivity index is 2.24. The van der Waals surface area contributed by atoms with Crippen molar-refractivity contribution in [1.82, 2.24) is 0 Å². The summed E-state index contributed by atoms with van der Waals surface area (Å²) in [5.41, 5.74) is 1.55. The van der Waals surface area contributed by atoms with Gasteiger partial charge in [0.25, 0.3) is 0 Å². The molecule has 1 aliphatic rings. The van der Waals surface area contributed by atoms with Crippen LogP contribution < -0.4 is 0 Å². The molecule has 1 heterocycles. The zero-order chi connectivity index (χ0) is 12.6.